The second kappa shape index (κ2) is 9.22. The van der Waals surface area contributed by atoms with Crippen molar-refractivity contribution >= 4 is 17.2 Å². The highest BCUT2D eigenvalue weighted by Crippen LogP contribution is 2.27. The molecule has 0 fully saturated rings. The minimum absolute atomic E-state index is 0.0689. The van der Waals surface area contributed by atoms with Crippen LogP contribution in [0, 0.1) is 39.3 Å². The second-order valence-corrected chi connectivity index (χ2v) is 8.06. The van der Waals surface area contributed by atoms with Crippen LogP contribution in [0.25, 0.3) is 5.65 Å². The van der Waals surface area contributed by atoms with E-state index in [9.17, 15) is 18.7 Å². The van der Waals surface area contributed by atoms with Crippen molar-refractivity contribution in [1.82, 2.24) is 19.2 Å². The van der Waals surface area contributed by atoms with Gasteiger partial charge in [0.15, 0.2) is 11.4 Å². The summed E-state index contributed by atoms with van der Waals surface area (Å²) in [6, 6.07) is 5.33. The molecule has 0 aliphatic heterocycles. The Labute approximate surface area is 194 Å². The number of amides is 1. The quantitative estimate of drug-likeness (QED) is 0.429. The van der Waals surface area contributed by atoms with Crippen LogP contribution in [-0.4, -0.2) is 36.8 Å². The van der Waals surface area contributed by atoms with Crippen LogP contribution < -0.4 is 10.1 Å². The Bertz CT molecular complexity index is 1370. The number of imidazole rings is 1. The lowest BCUT2D eigenvalue weighted by Crippen LogP contribution is -2.17. The number of carbonyl (C=O) groups is 1. The highest BCUT2D eigenvalue weighted by Gasteiger charge is 2.22. The molecule has 3 heterocycles. The molecule has 178 valence electrons. The summed E-state index contributed by atoms with van der Waals surface area (Å²) in [5.74, 6) is -1.49. The predicted molar refractivity (Wildman–Crippen MR) is 122 cm³/mol. The van der Waals surface area contributed by atoms with Crippen LogP contribution >= 0.6 is 0 Å². The van der Waals surface area contributed by atoms with E-state index in [1.54, 1.807) is 35.2 Å². The lowest BCUT2D eigenvalue weighted by Gasteiger charge is -2.11. The van der Waals surface area contributed by atoms with Gasteiger partial charge in [0, 0.05) is 6.20 Å². The molecular formula is C24H25F2N5O3. The Morgan fingerprint density at radius 2 is 1.85 bits per heavy atom. The van der Waals surface area contributed by atoms with Crippen LogP contribution in [0.4, 0.5) is 14.5 Å². The molecule has 0 unspecified atom stereocenters. The number of nitrogens with one attached hydrogen (secondary N) is 1. The summed E-state index contributed by atoms with van der Waals surface area (Å²) >= 11 is 0. The summed E-state index contributed by atoms with van der Waals surface area (Å²) in [5.41, 5.74) is 3.61. The maximum absolute atomic E-state index is 14.0. The molecule has 0 saturated carbocycles. The number of halogens is 2. The van der Waals surface area contributed by atoms with Crippen molar-refractivity contribution in [2.24, 2.45) is 0 Å². The number of aryl methyl sites for hydroxylation is 3. The van der Waals surface area contributed by atoms with Crippen molar-refractivity contribution in [3.05, 3.63) is 76.0 Å². The minimum atomic E-state index is -0.698. The fourth-order valence-corrected chi connectivity index (χ4v) is 3.92. The summed E-state index contributed by atoms with van der Waals surface area (Å²) in [5, 5.41) is 16.5. The number of rotatable bonds is 7. The maximum atomic E-state index is 14.0. The molecule has 2 N–H and O–H groups in total. The Hall–Kier alpha value is -3.79. The van der Waals surface area contributed by atoms with E-state index in [0.29, 0.717) is 40.7 Å². The van der Waals surface area contributed by atoms with Crippen molar-refractivity contribution in [2.75, 3.05) is 11.9 Å². The zero-order valence-electron chi connectivity index (χ0n) is 19.3. The second-order valence-electron chi connectivity index (χ2n) is 8.06. The number of aromatic nitrogens is 4. The number of ether oxygens (including phenoxy) is 1. The van der Waals surface area contributed by atoms with Crippen LogP contribution in [-0.2, 0) is 13.2 Å². The van der Waals surface area contributed by atoms with Crippen molar-refractivity contribution in [3.8, 4) is 5.75 Å². The molecule has 0 atom stereocenters. The summed E-state index contributed by atoms with van der Waals surface area (Å²) in [6.45, 7) is 7.03. The van der Waals surface area contributed by atoms with Gasteiger partial charge in [0.1, 0.15) is 23.9 Å². The van der Waals surface area contributed by atoms with Gasteiger partial charge in [-0.25, -0.2) is 13.8 Å². The first-order chi connectivity index (χ1) is 16.2. The third-order valence-electron chi connectivity index (χ3n) is 5.58. The van der Waals surface area contributed by atoms with Gasteiger partial charge in [-0.15, -0.1) is 0 Å². The first-order valence-electron chi connectivity index (χ1n) is 10.7. The number of aliphatic hydroxyl groups excluding tert-OH is 1. The van der Waals surface area contributed by atoms with Crippen molar-refractivity contribution in [1.29, 1.82) is 0 Å². The number of aliphatic hydroxyl groups is 1. The summed E-state index contributed by atoms with van der Waals surface area (Å²) in [7, 11) is 0. The fourth-order valence-electron chi connectivity index (χ4n) is 3.92. The zero-order valence-corrected chi connectivity index (χ0v) is 19.3. The molecular weight excluding hydrogens is 444 g/mol. The molecule has 34 heavy (non-hydrogen) atoms. The normalized spacial score (nSPS) is 11.3. The van der Waals surface area contributed by atoms with Crippen LogP contribution in [0.2, 0.25) is 0 Å². The number of carbonyl (C=O) groups excluding carboxylic acids is 1. The number of benzene rings is 1. The van der Waals surface area contributed by atoms with Gasteiger partial charge in [0.05, 0.1) is 41.5 Å². The van der Waals surface area contributed by atoms with Gasteiger partial charge in [-0.05, 0) is 51.5 Å². The van der Waals surface area contributed by atoms with E-state index >= 15 is 0 Å². The monoisotopic (exact) mass is 469 g/mol. The van der Waals surface area contributed by atoms with E-state index in [4.69, 9.17) is 4.74 Å². The molecule has 3 aromatic heterocycles. The zero-order chi connectivity index (χ0) is 24.6. The maximum Gasteiger partial charge on any atom is 0.274 e. The van der Waals surface area contributed by atoms with E-state index in [2.05, 4.69) is 15.4 Å². The number of hydrogen-bond acceptors (Lipinski definition) is 5. The van der Waals surface area contributed by atoms with Crippen LogP contribution in [0.3, 0.4) is 0 Å². The first kappa shape index (κ1) is 23.4. The van der Waals surface area contributed by atoms with Gasteiger partial charge in [-0.2, -0.15) is 5.10 Å². The molecule has 8 nitrogen and oxygen atoms in total. The number of anilines is 1. The van der Waals surface area contributed by atoms with Crippen LogP contribution in [0.15, 0.2) is 30.5 Å². The number of hydrogen-bond donors (Lipinski definition) is 2. The highest BCUT2D eigenvalue weighted by atomic mass is 19.1. The van der Waals surface area contributed by atoms with Gasteiger partial charge in [0.2, 0.25) is 0 Å². The standard InChI is InChI=1S/C24H25F2N5O3/c1-13-10-20(34-12-17-18(25)6-5-7-19(17)26)23-27-15(3)22(30(23)11-13)24(33)28-21-14(2)29-31(8-9-32)16(21)4/h5-7,10-11,32H,8-9,12H2,1-4H3,(H,28,33). The van der Waals surface area contributed by atoms with E-state index in [-0.39, 0.29) is 18.8 Å². The van der Waals surface area contributed by atoms with Gasteiger partial charge in [0.25, 0.3) is 5.91 Å². The molecule has 1 aromatic carbocycles. The lowest BCUT2D eigenvalue weighted by atomic mass is 10.2. The van der Waals surface area contributed by atoms with Crippen molar-refractivity contribution < 1.29 is 23.4 Å². The third kappa shape index (κ3) is 4.24. The Morgan fingerprint density at radius 1 is 1.15 bits per heavy atom. The van der Waals surface area contributed by atoms with Crippen LogP contribution in [0.1, 0.15) is 38.7 Å². The van der Waals surface area contributed by atoms with Crippen molar-refractivity contribution in [2.45, 2.75) is 40.8 Å². The molecule has 0 aliphatic rings. The Morgan fingerprint density at radius 3 is 2.53 bits per heavy atom. The Balaban J connectivity index is 1.68. The topological polar surface area (TPSA) is 93.7 Å². The number of pyridine rings is 1. The fraction of sp³-hybridized carbons (Fsp3) is 0.292. The molecule has 1 amide bonds. The molecule has 0 aliphatic carbocycles. The van der Waals surface area contributed by atoms with E-state index in [0.717, 1.165) is 11.3 Å². The largest absolute Gasteiger partial charge is 0.485 e. The average Bonchev–Trinajstić information content (AvgIpc) is 3.24. The molecule has 10 heteroatoms. The van der Waals surface area contributed by atoms with Crippen molar-refractivity contribution in [3.63, 3.8) is 0 Å². The van der Waals surface area contributed by atoms with E-state index in [1.165, 1.54) is 18.2 Å². The molecule has 4 rings (SSSR count). The van der Waals surface area contributed by atoms with Crippen LogP contribution in [0.5, 0.6) is 5.75 Å². The average molecular weight is 469 g/mol. The van der Waals surface area contributed by atoms with Gasteiger partial charge in [-0.1, -0.05) is 6.07 Å². The highest BCUT2D eigenvalue weighted by molar-refractivity contribution is 6.05. The Kier molecular flexibility index (Phi) is 6.34. The predicted octanol–water partition coefficient (Wildman–Crippen LogP) is 3.87. The van der Waals surface area contributed by atoms with E-state index in [1.807, 2.05) is 13.8 Å². The first-order valence-corrected chi connectivity index (χ1v) is 10.7. The van der Waals surface area contributed by atoms with Gasteiger partial charge >= 0.3 is 0 Å². The molecule has 0 radical (unpaired) electrons. The molecule has 4 aromatic rings. The van der Waals surface area contributed by atoms with E-state index < -0.39 is 17.5 Å². The molecule has 0 bridgehead atoms. The number of nitrogens with zero attached hydrogens (tertiary/aromatic N) is 4. The summed E-state index contributed by atoms with van der Waals surface area (Å²) in [4.78, 5) is 17.8. The smallest absolute Gasteiger partial charge is 0.274 e. The van der Waals surface area contributed by atoms with Gasteiger partial charge in [-0.3, -0.25) is 13.9 Å². The third-order valence-corrected chi connectivity index (χ3v) is 5.58. The summed E-state index contributed by atoms with van der Waals surface area (Å²) < 4.78 is 37.0. The molecule has 0 spiro atoms. The minimum Gasteiger partial charge on any atom is -0.485 e. The molecule has 0 saturated heterocycles. The lowest BCUT2D eigenvalue weighted by molar-refractivity contribution is 0.102. The summed E-state index contributed by atoms with van der Waals surface area (Å²) in [6.07, 6.45) is 1.75. The SMILES string of the molecule is Cc1cc(OCc2c(F)cccc2F)c2nc(C)c(C(=O)Nc3c(C)nn(CCO)c3C)n2c1. The number of fused-ring (bicyclic) bond motifs is 1. The van der Waals surface area contributed by atoms with Gasteiger partial charge < -0.3 is 15.2 Å².